The maximum Gasteiger partial charge on any atom is 0.430 e. The van der Waals surface area contributed by atoms with E-state index in [1.54, 1.807) is 4.31 Å². The molecule has 2 unspecified atom stereocenters. The second-order valence-electron chi connectivity index (χ2n) is 9.79. The van der Waals surface area contributed by atoms with E-state index in [2.05, 4.69) is 0 Å². The average Bonchev–Trinajstić information content (AvgIpc) is 3.38. The molecule has 0 aliphatic carbocycles. The minimum atomic E-state index is -6.08. The third-order valence-corrected chi connectivity index (χ3v) is 10.5. The molecule has 0 saturated carbocycles. The largest absolute Gasteiger partial charge is 0.430 e. The summed E-state index contributed by atoms with van der Waals surface area (Å²) >= 11 is 0. The van der Waals surface area contributed by atoms with Gasteiger partial charge < -0.3 is 14.9 Å². The molecule has 16 heteroatoms. The molecule has 0 bridgehead atoms. The van der Waals surface area contributed by atoms with Crippen molar-refractivity contribution in [2.24, 2.45) is 0 Å². The highest BCUT2D eigenvalue weighted by Crippen LogP contribution is 2.50. The molecule has 2 heterocycles. The van der Waals surface area contributed by atoms with Gasteiger partial charge in [-0.3, -0.25) is 4.21 Å². The minimum Gasteiger partial charge on any atom is -0.369 e. The lowest BCUT2D eigenvalue weighted by Gasteiger charge is -2.36. The van der Waals surface area contributed by atoms with Crippen molar-refractivity contribution >= 4 is 27.8 Å². The number of aliphatic hydroxyl groups is 1. The molecule has 226 valence electrons. The molecule has 2 amide bonds. The third kappa shape index (κ3) is 5.75. The third-order valence-electron chi connectivity index (χ3n) is 7.41. The summed E-state index contributed by atoms with van der Waals surface area (Å²) in [6.45, 7) is 1.13. The fourth-order valence-corrected chi connectivity index (χ4v) is 7.47. The number of hydrogen-bond donors (Lipinski definition) is 1. The number of rotatable bonds is 5. The van der Waals surface area contributed by atoms with E-state index in [0.29, 0.717) is 25.2 Å². The molecular weight excluding hydrogens is 603 g/mol. The van der Waals surface area contributed by atoms with E-state index in [1.165, 1.54) is 28.2 Å². The van der Waals surface area contributed by atoms with Crippen LogP contribution in [0.3, 0.4) is 0 Å². The van der Waals surface area contributed by atoms with Crippen LogP contribution in [0.1, 0.15) is 17.5 Å². The molecule has 4 rings (SSSR count). The van der Waals surface area contributed by atoms with E-state index in [0.717, 1.165) is 24.3 Å². The first-order valence-electron chi connectivity index (χ1n) is 12.3. The first kappa shape index (κ1) is 31.4. The Bertz CT molecular complexity index is 1300. The Hall–Kier alpha value is -2.56. The first-order chi connectivity index (χ1) is 19.0. The van der Waals surface area contributed by atoms with Crippen LogP contribution in [0.25, 0.3) is 0 Å². The standard InChI is InChI=1S/C25H26F7N3O4S2/c1-40(38)35-14-12-33(13-15-35)21(36)34-11-10-22(16-34,41(39)20-8-6-19(26)7-9-20)17-2-4-18(5-3-17)23(37,24(27,28)29)25(30,31)32/h2-9,37H,10-16H2,1H3/t22-,40?,41?/m0/s1. The van der Waals surface area contributed by atoms with Gasteiger partial charge in [0.25, 0.3) is 5.60 Å². The Morgan fingerprint density at radius 1 is 0.829 bits per heavy atom. The highest BCUT2D eigenvalue weighted by molar-refractivity contribution is 7.86. The molecule has 0 aromatic heterocycles. The molecular formula is C25H26F7N3O4S2. The average molecular weight is 630 g/mol. The van der Waals surface area contributed by atoms with Gasteiger partial charge in [0.15, 0.2) is 0 Å². The Kier molecular flexibility index (Phi) is 8.62. The molecule has 2 aromatic carbocycles. The molecule has 7 nitrogen and oxygen atoms in total. The number of hydrogen-bond acceptors (Lipinski definition) is 4. The Labute approximate surface area is 235 Å². The fraction of sp³-hybridized carbons (Fsp3) is 0.480. The number of likely N-dealkylation sites (tertiary alicyclic amines) is 1. The topological polar surface area (TPSA) is 81.2 Å². The predicted octanol–water partition coefficient (Wildman–Crippen LogP) is 3.88. The van der Waals surface area contributed by atoms with Gasteiger partial charge in [0.05, 0.1) is 26.5 Å². The second-order valence-corrected chi connectivity index (χ2v) is 12.9. The molecule has 2 aliphatic rings. The van der Waals surface area contributed by atoms with Gasteiger partial charge in [-0.2, -0.15) is 26.3 Å². The zero-order valence-electron chi connectivity index (χ0n) is 21.5. The van der Waals surface area contributed by atoms with Crippen LogP contribution >= 0.6 is 0 Å². The zero-order chi connectivity index (χ0) is 30.4. The molecule has 0 radical (unpaired) electrons. The highest BCUT2D eigenvalue weighted by atomic mass is 32.2. The van der Waals surface area contributed by atoms with Gasteiger partial charge in [0, 0.05) is 56.0 Å². The lowest BCUT2D eigenvalue weighted by Crippen LogP contribution is -2.54. The number of benzene rings is 2. The molecule has 2 saturated heterocycles. The van der Waals surface area contributed by atoms with E-state index in [-0.39, 0.29) is 43.1 Å². The van der Waals surface area contributed by atoms with Crippen molar-refractivity contribution in [1.82, 2.24) is 14.1 Å². The maximum atomic E-state index is 13.9. The Balaban J connectivity index is 1.69. The summed E-state index contributed by atoms with van der Waals surface area (Å²) < 4.78 is 120. The van der Waals surface area contributed by atoms with Crippen molar-refractivity contribution in [1.29, 1.82) is 0 Å². The number of amides is 2. The molecule has 2 aromatic rings. The van der Waals surface area contributed by atoms with Crippen molar-refractivity contribution in [3.8, 4) is 0 Å². The van der Waals surface area contributed by atoms with E-state index in [9.17, 15) is 49.1 Å². The van der Waals surface area contributed by atoms with Crippen molar-refractivity contribution in [2.45, 2.75) is 34.0 Å². The molecule has 41 heavy (non-hydrogen) atoms. The van der Waals surface area contributed by atoms with Gasteiger partial charge in [0.2, 0.25) is 0 Å². The molecule has 2 fully saturated rings. The highest BCUT2D eigenvalue weighted by Gasteiger charge is 2.71. The number of piperazine rings is 1. The summed E-state index contributed by atoms with van der Waals surface area (Å²) in [4.78, 5) is 16.4. The monoisotopic (exact) mass is 629 g/mol. The van der Waals surface area contributed by atoms with Crippen LogP contribution in [-0.4, -0.2) is 91.5 Å². The van der Waals surface area contributed by atoms with Gasteiger partial charge in [-0.1, -0.05) is 24.3 Å². The summed E-state index contributed by atoms with van der Waals surface area (Å²) in [5.41, 5.74) is -6.53. The van der Waals surface area contributed by atoms with E-state index in [1.807, 2.05) is 0 Å². The molecule has 3 atom stereocenters. The number of urea groups is 1. The SMILES string of the molecule is CS(=O)N1CCN(C(=O)N2CC[C@](c3ccc(C(O)(C(F)(F)F)C(F)(F)F)cc3)(S(=O)c3ccc(F)cc3)C2)CC1. The summed E-state index contributed by atoms with van der Waals surface area (Å²) in [6, 6.07) is 7.04. The van der Waals surface area contributed by atoms with Gasteiger partial charge >= 0.3 is 18.4 Å². The van der Waals surface area contributed by atoms with Crippen molar-refractivity contribution in [3.63, 3.8) is 0 Å². The minimum absolute atomic E-state index is 0.0316. The van der Waals surface area contributed by atoms with Crippen LogP contribution < -0.4 is 0 Å². The summed E-state index contributed by atoms with van der Waals surface area (Å²) in [5.74, 6) is -0.613. The van der Waals surface area contributed by atoms with Gasteiger partial charge in [-0.05, 0) is 36.2 Å². The number of nitrogens with zero attached hydrogens (tertiary/aromatic N) is 3. The summed E-state index contributed by atoms with van der Waals surface area (Å²) in [7, 11) is -3.24. The second kappa shape index (κ2) is 11.3. The Morgan fingerprint density at radius 3 is 1.85 bits per heavy atom. The van der Waals surface area contributed by atoms with Crippen molar-refractivity contribution < 1.29 is 49.1 Å². The van der Waals surface area contributed by atoms with Gasteiger partial charge in [-0.25, -0.2) is 17.7 Å². The molecule has 1 N–H and O–H groups in total. The summed E-state index contributed by atoms with van der Waals surface area (Å²) in [6.07, 6.45) is -10.6. The lowest BCUT2D eigenvalue weighted by atomic mass is 9.89. The summed E-state index contributed by atoms with van der Waals surface area (Å²) in [5, 5.41) is 9.77. The smallest absolute Gasteiger partial charge is 0.369 e. The van der Waals surface area contributed by atoms with Crippen LogP contribution in [0.2, 0.25) is 0 Å². The van der Waals surface area contributed by atoms with Crippen LogP contribution in [0.5, 0.6) is 0 Å². The van der Waals surface area contributed by atoms with Crippen LogP contribution in [0, 0.1) is 5.82 Å². The fourth-order valence-electron chi connectivity index (χ4n) is 5.06. The number of carbonyl (C=O) groups is 1. The van der Waals surface area contributed by atoms with Crippen molar-refractivity contribution in [3.05, 3.63) is 65.5 Å². The van der Waals surface area contributed by atoms with Crippen molar-refractivity contribution in [2.75, 3.05) is 45.5 Å². The van der Waals surface area contributed by atoms with E-state index in [4.69, 9.17) is 0 Å². The van der Waals surface area contributed by atoms with Gasteiger partial charge in [0.1, 0.15) is 5.82 Å². The molecule has 2 aliphatic heterocycles. The normalized spacial score (nSPS) is 22.6. The molecule has 0 spiro atoms. The predicted molar refractivity (Wildman–Crippen MR) is 136 cm³/mol. The van der Waals surface area contributed by atoms with E-state index < -0.39 is 61.9 Å². The van der Waals surface area contributed by atoms with Crippen LogP contribution in [0.15, 0.2) is 53.4 Å². The van der Waals surface area contributed by atoms with E-state index >= 15 is 0 Å². The Morgan fingerprint density at radius 2 is 1.37 bits per heavy atom. The van der Waals surface area contributed by atoms with Crippen LogP contribution in [-0.2, 0) is 32.1 Å². The number of halogens is 7. The zero-order valence-corrected chi connectivity index (χ0v) is 23.2. The first-order valence-corrected chi connectivity index (χ1v) is 14.9. The number of alkyl halides is 6. The quantitative estimate of drug-likeness (QED) is 0.510. The maximum absolute atomic E-state index is 13.9. The van der Waals surface area contributed by atoms with Crippen LogP contribution in [0.4, 0.5) is 35.5 Å². The number of carbonyl (C=O) groups excluding carboxylic acids is 1. The van der Waals surface area contributed by atoms with Gasteiger partial charge in [-0.15, -0.1) is 0 Å². The lowest BCUT2D eigenvalue weighted by molar-refractivity contribution is -0.376.